The van der Waals surface area contributed by atoms with Crippen molar-refractivity contribution in [3.8, 4) is 6.07 Å². The molecule has 2 aromatic carbocycles. The highest BCUT2D eigenvalue weighted by Gasteiger charge is 2.16. The van der Waals surface area contributed by atoms with E-state index in [0.29, 0.717) is 5.56 Å². The lowest BCUT2D eigenvalue weighted by Gasteiger charge is -2.32. The van der Waals surface area contributed by atoms with Crippen molar-refractivity contribution in [1.82, 2.24) is 0 Å². The van der Waals surface area contributed by atoms with Gasteiger partial charge in [-0.05, 0) is 23.8 Å². The molecule has 0 spiro atoms. The van der Waals surface area contributed by atoms with Crippen molar-refractivity contribution in [2.75, 3.05) is 43.2 Å². The summed E-state index contributed by atoms with van der Waals surface area (Å²) >= 11 is 0. The van der Waals surface area contributed by atoms with Gasteiger partial charge in [0.1, 0.15) is 6.07 Å². The molecule has 23 heavy (non-hydrogen) atoms. The molecule has 0 amide bonds. The first-order chi connectivity index (χ1) is 11.3. The Labute approximate surface area is 137 Å². The smallest absolute Gasteiger partial charge is 0.101 e. The quantitative estimate of drug-likeness (QED) is 0.870. The molecule has 0 N–H and O–H groups in total. The van der Waals surface area contributed by atoms with Crippen LogP contribution < -0.4 is 9.80 Å². The molecular weight excluding hydrogens is 286 g/mol. The molecule has 1 heterocycles. The number of hydrogen-bond donors (Lipinski definition) is 0. The average molecular weight is 307 g/mol. The fraction of sp³-hybridized carbons (Fsp3) is 0.316. The number of nitrogens with zero attached hydrogens (tertiary/aromatic N) is 3. The Balaban J connectivity index is 1.84. The van der Waals surface area contributed by atoms with Gasteiger partial charge in [-0.1, -0.05) is 30.3 Å². The topological polar surface area (TPSA) is 39.5 Å². The number of morpholine rings is 1. The summed E-state index contributed by atoms with van der Waals surface area (Å²) in [5, 5.41) is 9.29. The summed E-state index contributed by atoms with van der Waals surface area (Å²) < 4.78 is 5.45. The Kier molecular flexibility index (Phi) is 4.80. The minimum absolute atomic E-state index is 0.707. The molecule has 4 nitrogen and oxygen atoms in total. The van der Waals surface area contributed by atoms with Crippen LogP contribution in [0.3, 0.4) is 0 Å². The van der Waals surface area contributed by atoms with Gasteiger partial charge in [-0.25, -0.2) is 0 Å². The fourth-order valence-electron chi connectivity index (χ4n) is 3.00. The number of hydrogen-bond acceptors (Lipinski definition) is 4. The van der Waals surface area contributed by atoms with E-state index in [1.807, 2.05) is 31.3 Å². The minimum Gasteiger partial charge on any atom is -0.378 e. The van der Waals surface area contributed by atoms with Crippen molar-refractivity contribution in [1.29, 1.82) is 5.26 Å². The van der Waals surface area contributed by atoms with E-state index >= 15 is 0 Å². The van der Waals surface area contributed by atoms with Crippen molar-refractivity contribution in [3.05, 3.63) is 59.7 Å². The number of ether oxygens (including phenoxy) is 1. The Morgan fingerprint density at radius 2 is 1.78 bits per heavy atom. The van der Waals surface area contributed by atoms with Crippen molar-refractivity contribution < 1.29 is 4.74 Å². The number of para-hydroxylation sites is 2. The van der Waals surface area contributed by atoms with Crippen molar-refractivity contribution in [2.24, 2.45) is 0 Å². The largest absolute Gasteiger partial charge is 0.378 e. The third-order valence-electron chi connectivity index (χ3n) is 4.19. The van der Waals surface area contributed by atoms with Crippen LogP contribution in [-0.2, 0) is 11.3 Å². The molecule has 118 valence electrons. The summed E-state index contributed by atoms with van der Waals surface area (Å²) in [4.78, 5) is 4.51. The van der Waals surface area contributed by atoms with E-state index in [4.69, 9.17) is 4.74 Å². The van der Waals surface area contributed by atoms with Gasteiger partial charge in [0.15, 0.2) is 0 Å². The predicted octanol–water partition coefficient (Wildman–Crippen LogP) is 3.03. The zero-order chi connectivity index (χ0) is 16.1. The molecule has 2 aromatic rings. The highest BCUT2D eigenvalue weighted by Crippen LogP contribution is 2.26. The Hall–Kier alpha value is -2.51. The summed E-state index contributed by atoms with van der Waals surface area (Å²) in [5.41, 5.74) is 4.20. The Bertz CT molecular complexity index is 702. The molecule has 0 saturated carbocycles. The van der Waals surface area contributed by atoms with Crippen LogP contribution in [0.5, 0.6) is 0 Å². The van der Waals surface area contributed by atoms with E-state index in [9.17, 15) is 5.26 Å². The van der Waals surface area contributed by atoms with Crippen LogP contribution in [0.4, 0.5) is 11.4 Å². The van der Waals surface area contributed by atoms with Gasteiger partial charge in [0.2, 0.25) is 0 Å². The highest BCUT2D eigenvalue weighted by molar-refractivity contribution is 5.61. The fourth-order valence-corrected chi connectivity index (χ4v) is 3.00. The molecule has 0 radical (unpaired) electrons. The van der Waals surface area contributed by atoms with Gasteiger partial charge in [-0.15, -0.1) is 0 Å². The molecule has 0 bridgehead atoms. The second kappa shape index (κ2) is 7.17. The van der Waals surface area contributed by atoms with Crippen molar-refractivity contribution in [2.45, 2.75) is 6.54 Å². The summed E-state index contributed by atoms with van der Waals surface area (Å²) in [7, 11) is 2.03. The van der Waals surface area contributed by atoms with Crippen LogP contribution >= 0.6 is 0 Å². The molecule has 0 unspecified atom stereocenters. The summed E-state index contributed by atoms with van der Waals surface area (Å²) in [6.07, 6.45) is 0. The van der Waals surface area contributed by atoms with Gasteiger partial charge >= 0.3 is 0 Å². The molecule has 3 rings (SSSR count). The Morgan fingerprint density at radius 3 is 2.57 bits per heavy atom. The minimum atomic E-state index is 0.707. The van der Waals surface area contributed by atoms with Gasteiger partial charge in [-0.3, -0.25) is 0 Å². The highest BCUT2D eigenvalue weighted by atomic mass is 16.5. The molecule has 0 aliphatic carbocycles. The lowest BCUT2D eigenvalue weighted by Crippen LogP contribution is -2.37. The lowest BCUT2D eigenvalue weighted by molar-refractivity contribution is 0.122. The molecule has 0 aromatic heterocycles. The monoisotopic (exact) mass is 307 g/mol. The van der Waals surface area contributed by atoms with Gasteiger partial charge in [0.05, 0.1) is 24.5 Å². The van der Waals surface area contributed by atoms with Crippen molar-refractivity contribution >= 4 is 11.4 Å². The van der Waals surface area contributed by atoms with E-state index in [1.165, 1.54) is 11.3 Å². The first-order valence-corrected chi connectivity index (χ1v) is 7.90. The average Bonchev–Trinajstić information content (AvgIpc) is 2.63. The first-order valence-electron chi connectivity index (χ1n) is 7.90. The maximum Gasteiger partial charge on any atom is 0.101 e. The second-order valence-corrected chi connectivity index (χ2v) is 5.71. The maximum absolute atomic E-state index is 9.29. The zero-order valence-corrected chi connectivity index (χ0v) is 13.4. The van der Waals surface area contributed by atoms with Crippen LogP contribution in [0.1, 0.15) is 11.1 Å². The van der Waals surface area contributed by atoms with E-state index in [1.54, 1.807) is 0 Å². The SMILES string of the molecule is CN(Cc1ccccc1N1CCOCC1)c1ccccc1C#N. The Morgan fingerprint density at radius 1 is 1.09 bits per heavy atom. The van der Waals surface area contributed by atoms with Crippen LogP contribution in [0, 0.1) is 11.3 Å². The van der Waals surface area contributed by atoms with Crippen LogP contribution in [0.15, 0.2) is 48.5 Å². The number of rotatable bonds is 4. The summed E-state index contributed by atoms with van der Waals surface area (Å²) in [6, 6.07) is 18.5. The molecule has 4 heteroatoms. The normalized spacial score (nSPS) is 14.3. The number of anilines is 2. The number of nitriles is 1. The third kappa shape index (κ3) is 3.46. The van der Waals surface area contributed by atoms with Gasteiger partial charge in [0, 0.05) is 32.4 Å². The van der Waals surface area contributed by atoms with Gasteiger partial charge < -0.3 is 14.5 Å². The first kappa shape index (κ1) is 15.4. The van der Waals surface area contributed by atoms with Gasteiger partial charge in [-0.2, -0.15) is 5.26 Å². The summed E-state index contributed by atoms with van der Waals surface area (Å²) in [6.45, 7) is 4.18. The zero-order valence-electron chi connectivity index (χ0n) is 13.4. The standard InChI is InChI=1S/C19H21N3O/c1-21(18-8-4-2-6-16(18)14-20)15-17-7-3-5-9-19(17)22-10-12-23-13-11-22/h2-9H,10-13,15H2,1H3. The van der Waals surface area contributed by atoms with E-state index < -0.39 is 0 Å². The van der Waals surface area contributed by atoms with Crippen LogP contribution in [0.25, 0.3) is 0 Å². The van der Waals surface area contributed by atoms with E-state index in [-0.39, 0.29) is 0 Å². The van der Waals surface area contributed by atoms with Crippen LogP contribution in [-0.4, -0.2) is 33.4 Å². The molecule has 1 aliphatic rings. The van der Waals surface area contributed by atoms with E-state index in [2.05, 4.69) is 40.1 Å². The molecular formula is C19H21N3O. The maximum atomic E-state index is 9.29. The summed E-state index contributed by atoms with van der Waals surface area (Å²) in [5.74, 6) is 0. The molecule has 1 aliphatic heterocycles. The van der Waals surface area contributed by atoms with Gasteiger partial charge in [0.25, 0.3) is 0 Å². The second-order valence-electron chi connectivity index (χ2n) is 5.71. The lowest BCUT2D eigenvalue weighted by atomic mass is 10.1. The van der Waals surface area contributed by atoms with Crippen molar-refractivity contribution in [3.63, 3.8) is 0 Å². The van der Waals surface area contributed by atoms with E-state index in [0.717, 1.165) is 38.5 Å². The molecule has 1 saturated heterocycles. The molecule has 1 fully saturated rings. The predicted molar refractivity (Wildman–Crippen MR) is 92.7 cm³/mol. The molecule has 0 atom stereocenters. The number of benzene rings is 2. The van der Waals surface area contributed by atoms with Crippen LogP contribution in [0.2, 0.25) is 0 Å². The third-order valence-corrected chi connectivity index (χ3v) is 4.19.